The Morgan fingerprint density at radius 2 is 2.19 bits per heavy atom. The maximum atomic E-state index is 5.65. The normalized spacial score (nSPS) is 10.3. The summed E-state index contributed by atoms with van der Waals surface area (Å²) in [5.41, 5.74) is 3.28. The Hall–Kier alpha value is -1.59. The molecule has 2 aromatic rings. The third-order valence-corrected chi connectivity index (χ3v) is 2.53. The molecule has 0 radical (unpaired) electrons. The van der Waals surface area contributed by atoms with Crippen molar-refractivity contribution in [1.82, 2.24) is 10.7 Å². The van der Waals surface area contributed by atoms with Crippen LogP contribution in [0.4, 0.5) is 0 Å². The van der Waals surface area contributed by atoms with Crippen molar-refractivity contribution in [2.24, 2.45) is 5.84 Å². The van der Waals surface area contributed by atoms with Crippen molar-refractivity contribution >= 4 is 28.3 Å². The highest BCUT2D eigenvalue weighted by Gasteiger charge is 2.02. The Morgan fingerprint density at radius 1 is 1.38 bits per heavy atom. The predicted octanol–water partition coefficient (Wildman–Crippen LogP) is 1.31. The average Bonchev–Trinajstić information content (AvgIpc) is 2.71. The average molecular weight is 235 g/mol. The molecule has 16 heavy (non-hydrogen) atoms. The summed E-state index contributed by atoms with van der Waals surface area (Å²) in [7, 11) is 0. The van der Waals surface area contributed by atoms with Gasteiger partial charge in [0.25, 0.3) is 0 Å². The van der Waals surface area contributed by atoms with E-state index in [1.54, 1.807) is 0 Å². The molecule has 1 aromatic carbocycles. The van der Waals surface area contributed by atoms with Gasteiger partial charge in [0.05, 0.1) is 0 Å². The van der Waals surface area contributed by atoms with Gasteiger partial charge < -0.3 is 15.2 Å². The molecule has 4 nitrogen and oxygen atoms in total. The SMILES string of the molecule is NNC(=S)NCCc1cc2ccccc2o1. The zero-order valence-corrected chi connectivity index (χ0v) is 9.51. The highest BCUT2D eigenvalue weighted by Crippen LogP contribution is 2.18. The molecule has 1 heterocycles. The first-order valence-corrected chi connectivity index (χ1v) is 5.42. The highest BCUT2D eigenvalue weighted by molar-refractivity contribution is 7.80. The van der Waals surface area contributed by atoms with Crippen LogP contribution in [0, 0.1) is 0 Å². The molecule has 0 atom stereocenters. The fourth-order valence-electron chi connectivity index (χ4n) is 1.51. The Balaban J connectivity index is 1.97. The van der Waals surface area contributed by atoms with E-state index in [1.165, 1.54) is 0 Å². The van der Waals surface area contributed by atoms with Crippen molar-refractivity contribution in [1.29, 1.82) is 0 Å². The summed E-state index contributed by atoms with van der Waals surface area (Å²) >= 11 is 4.86. The summed E-state index contributed by atoms with van der Waals surface area (Å²) in [6.45, 7) is 0.697. The van der Waals surface area contributed by atoms with E-state index < -0.39 is 0 Å². The lowest BCUT2D eigenvalue weighted by Gasteiger charge is -2.04. The molecule has 0 aliphatic rings. The van der Waals surface area contributed by atoms with Crippen LogP contribution in [-0.4, -0.2) is 11.7 Å². The molecular formula is C11H13N3OS. The largest absolute Gasteiger partial charge is 0.461 e. The summed E-state index contributed by atoms with van der Waals surface area (Å²) in [5.74, 6) is 6.07. The van der Waals surface area contributed by atoms with Gasteiger partial charge in [-0.15, -0.1) is 0 Å². The maximum absolute atomic E-state index is 5.65. The second kappa shape index (κ2) is 4.96. The monoisotopic (exact) mass is 235 g/mol. The van der Waals surface area contributed by atoms with Crippen molar-refractivity contribution in [2.75, 3.05) is 6.54 Å². The van der Waals surface area contributed by atoms with E-state index in [0.29, 0.717) is 11.7 Å². The minimum atomic E-state index is 0.441. The number of fused-ring (bicyclic) bond motifs is 1. The number of hydrazine groups is 1. The van der Waals surface area contributed by atoms with Gasteiger partial charge in [0, 0.05) is 18.4 Å². The second-order valence-corrected chi connectivity index (χ2v) is 3.81. The number of hydrogen-bond donors (Lipinski definition) is 3. The lowest BCUT2D eigenvalue weighted by molar-refractivity contribution is 0.545. The van der Waals surface area contributed by atoms with Gasteiger partial charge in [-0.2, -0.15) is 0 Å². The fraction of sp³-hybridized carbons (Fsp3) is 0.182. The van der Waals surface area contributed by atoms with Crippen LogP contribution < -0.4 is 16.6 Å². The molecule has 0 saturated carbocycles. The molecule has 5 heteroatoms. The summed E-state index contributed by atoms with van der Waals surface area (Å²) in [5, 5.41) is 4.52. The van der Waals surface area contributed by atoms with Crippen LogP contribution in [0.2, 0.25) is 0 Å². The van der Waals surface area contributed by atoms with Gasteiger partial charge in [-0.3, -0.25) is 0 Å². The molecule has 0 bridgehead atoms. The zero-order valence-electron chi connectivity index (χ0n) is 8.69. The van der Waals surface area contributed by atoms with Crippen LogP contribution in [0.15, 0.2) is 34.7 Å². The first-order chi connectivity index (χ1) is 7.79. The number of rotatable bonds is 3. The van der Waals surface area contributed by atoms with Gasteiger partial charge in [-0.1, -0.05) is 18.2 Å². The third-order valence-electron chi connectivity index (χ3n) is 2.26. The molecule has 0 saturated heterocycles. The summed E-state index contributed by atoms with van der Waals surface area (Å²) < 4.78 is 5.65. The molecular weight excluding hydrogens is 222 g/mol. The van der Waals surface area contributed by atoms with E-state index in [-0.39, 0.29) is 0 Å². The standard InChI is InChI=1S/C11H13N3OS/c12-14-11(16)13-6-5-9-7-8-3-1-2-4-10(8)15-9/h1-4,7H,5-6,12H2,(H2,13,14,16). The van der Waals surface area contributed by atoms with Crippen molar-refractivity contribution < 1.29 is 4.42 Å². The number of nitrogens with one attached hydrogen (secondary N) is 2. The Morgan fingerprint density at radius 3 is 2.94 bits per heavy atom. The van der Waals surface area contributed by atoms with Gasteiger partial charge in [0.1, 0.15) is 11.3 Å². The van der Waals surface area contributed by atoms with Crippen molar-refractivity contribution in [2.45, 2.75) is 6.42 Å². The van der Waals surface area contributed by atoms with Gasteiger partial charge in [0.15, 0.2) is 5.11 Å². The van der Waals surface area contributed by atoms with Crippen LogP contribution in [0.25, 0.3) is 11.0 Å². The smallest absolute Gasteiger partial charge is 0.180 e. The molecule has 0 aliphatic heterocycles. The van der Waals surface area contributed by atoms with Gasteiger partial charge in [-0.05, 0) is 24.4 Å². The molecule has 0 amide bonds. The number of nitrogens with two attached hydrogens (primary N) is 1. The molecule has 4 N–H and O–H groups in total. The minimum absolute atomic E-state index is 0.441. The fourth-order valence-corrected chi connectivity index (χ4v) is 1.61. The Bertz CT molecular complexity index is 462. The third kappa shape index (κ3) is 2.50. The minimum Gasteiger partial charge on any atom is -0.461 e. The van der Waals surface area contributed by atoms with E-state index in [4.69, 9.17) is 22.5 Å². The molecule has 0 spiro atoms. The second-order valence-electron chi connectivity index (χ2n) is 3.40. The van der Waals surface area contributed by atoms with Crippen LogP contribution in [0.1, 0.15) is 5.76 Å². The van der Waals surface area contributed by atoms with Gasteiger partial charge >= 0.3 is 0 Å². The van der Waals surface area contributed by atoms with E-state index in [0.717, 1.165) is 23.2 Å². The molecule has 2 rings (SSSR count). The summed E-state index contributed by atoms with van der Waals surface area (Å²) in [6.07, 6.45) is 0.774. The van der Waals surface area contributed by atoms with Gasteiger partial charge in [0.2, 0.25) is 0 Å². The number of furan rings is 1. The number of para-hydroxylation sites is 1. The molecule has 84 valence electrons. The quantitative estimate of drug-likeness (QED) is 0.425. The van der Waals surface area contributed by atoms with Crippen LogP contribution in [0.3, 0.4) is 0 Å². The summed E-state index contributed by atoms with van der Waals surface area (Å²) in [6, 6.07) is 9.98. The first-order valence-electron chi connectivity index (χ1n) is 5.01. The number of thiocarbonyl (C=S) groups is 1. The summed E-state index contributed by atoms with van der Waals surface area (Å²) in [4.78, 5) is 0. The predicted molar refractivity (Wildman–Crippen MR) is 67.8 cm³/mol. The maximum Gasteiger partial charge on any atom is 0.180 e. The molecule has 0 unspecified atom stereocenters. The van der Waals surface area contributed by atoms with Crippen molar-refractivity contribution in [3.8, 4) is 0 Å². The number of hydrogen-bond acceptors (Lipinski definition) is 3. The Labute approximate surface area is 98.8 Å². The number of benzene rings is 1. The molecule has 0 aliphatic carbocycles. The van der Waals surface area contributed by atoms with Gasteiger partial charge in [-0.25, -0.2) is 5.84 Å². The highest BCUT2D eigenvalue weighted by atomic mass is 32.1. The van der Waals surface area contributed by atoms with Crippen LogP contribution in [0.5, 0.6) is 0 Å². The zero-order chi connectivity index (χ0) is 11.4. The topological polar surface area (TPSA) is 63.2 Å². The van der Waals surface area contributed by atoms with Crippen molar-refractivity contribution in [3.05, 3.63) is 36.1 Å². The lowest BCUT2D eigenvalue weighted by Crippen LogP contribution is -2.40. The van der Waals surface area contributed by atoms with E-state index in [1.807, 2.05) is 30.3 Å². The van der Waals surface area contributed by atoms with Crippen LogP contribution >= 0.6 is 12.2 Å². The van der Waals surface area contributed by atoms with E-state index in [2.05, 4.69) is 10.7 Å². The molecule has 1 aromatic heterocycles. The first kappa shape index (κ1) is 10.9. The van der Waals surface area contributed by atoms with Crippen molar-refractivity contribution in [3.63, 3.8) is 0 Å². The molecule has 0 fully saturated rings. The van der Waals surface area contributed by atoms with Crippen LogP contribution in [-0.2, 0) is 6.42 Å². The Kier molecular flexibility index (Phi) is 3.38. The van der Waals surface area contributed by atoms with E-state index in [9.17, 15) is 0 Å². The van der Waals surface area contributed by atoms with E-state index >= 15 is 0 Å². The lowest BCUT2D eigenvalue weighted by atomic mass is 10.2.